The van der Waals surface area contributed by atoms with Gasteiger partial charge < -0.3 is 11.1 Å². The Morgan fingerprint density at radius 2 is 1.95 bits per heavy atom. The van der Waals surface area contributed by atoms with Crippen molar-refractivity contribution in [3.8, 4) is 0 Å². The molecular weight excluding hydrogens is 240 g/mol. The molecular formula is C14H18N4O. The molecule has 1 aromatic heterocycles. The van der Waals surface area contributed by atoms with E-state index in [2.05, 4.69) is 10.4 Å². The second kappa shape index (κ2) is 6.15. The first-order valence-corrected chi connectivity index (χ1v) is 6.20. The van der Waals surface area contributed by atoms with Gasteiger partial charge in [0.1, 0.15) is 0 Å². The van der Waals surface area contributed by atoms with Gasteiger partial charge in [-0.2, -0.15) is 5.10 Å². The van der Waals surface area contributed by atoms with Gasteiger partial charge in [-0.15, -0.1) is 0 Å². The minimum atomic E-state index is -0.00819. The number of carbonyl (C=O) groups is 1. The Morgan fingerprint density at radius 1 is 1.26 bits per heavy atom. The van der Waals surface area contributed by atoms with Crippen LogP contribution in [0.5, 0.6) is 0 Å². The Hall–Kier alpha value is -2.14. The summed E-state index contributed by atoms with van der Waals surface area (Å²) in [5.41, 5.74) is 8.43. The lowest BCUT2D eigenvalue weighted by molar-refractivity contribution is -0.120. The molecule has 5 heteroatoms. The largest absolute Gasteiger partial charge is 0.350 e. The molecule has 1 aromatic carbocycles. The molecule has 1 heterocycles. The topological polar surface area (TPSA) is 72.9 Å². The van der Waals surface area contributed by atoms with Crippen molar-refractivity contribution in [3.05, 3.63) is 53.3 Å². The van der Waals surface area contributed by atoms with Gasteiger partial charge in [0.25, 0.3) is 0 Å². The SMILES string of the molecule is Cn1ccc(CNC(=O)Cc2ccc(CN)cc2)n1. The van der Waals surface area contributed by atoms with E-state index in [-0.39, 0.29) is 5.91 Å². The van der Waals surface area contributed by atoms with Crippen LogP contribution in [0.3, 0.4) is 0 Å². The molecule has 100 valence electrons. The number of nitrogens with zero attached hydrogens (tertiary/aromatic N) is 2. The highest BCUT2D eigenvalue weighted by Crippen LogP contribution is 2.04. The lowest BCUT2D eigenvalue weighted by Gasteiger charge is -2.04. The molecule has 0 radical (unpaired) electrons. The van der Waals surface area contributed by atoms with Gasteiger partial charge in [-0.1, -0.05) is 24.3 Å². The summed E-state index contributed by atoms with van der Waals surface area (Å²) >= 11 is 0. The molecule has 2 rings (SSSR count). The molecule has 2 aromatic rings. The van der Waals surface area contributed by atoms with Crippen molar-refractivity contribution in [3.63, 3.8) is 0 Å². The second-order valence-electron chi connectivity index (χ2n) is 4.45. The third kappa shape index (κ3) is 3.93. The smallest absolute Gasteiger partial charge is 0.224 e. The number of amides is 1. The minimum Gasteiger partial charge on any atom is -0.350 e. The standard InChI is InChI=1S/C14H18N4O/c1-18-7-6-13(17-18)10-16-14(19)8-11-2-4-12(9-15)5-3-11/h2-7H,8-10,15H2,1H3,(H,16,19). The highest BCUT2D eigenvalue weighted by Gasteiger charge is 2.04. The molecule has 1 amide bonds. The maximum Gasteiger partial charge on any atom is 0.224 e. The van der Waals surface area contributed by atoms with Gasteiger partial charge in [-0.05, 0) is 17.2 Å². The molecule has 0 fully saturated rings. The Morgan fingerprint density at radius 3 is 2.53 bits per heavy atom. The van der Waals surface area contributed by atoms with Crippen molar-refractivity contribution in [1.29, 1.82) is 0 Å². The van der Waals surface area contributed by atoms with Crippen LogP contribution in [-0.4, -0.2) is 15.7 Å². The molecule has 5 nitrogen and oxygen atoms in total. The van der Waals surface area contributed by atoms with Crippen LogP contribution in [0, 0.1) is 0 Å². The number of benzene rings is 1. The van der Waals surface area contributed by atoms with Gasteiger partial charge in [0.15, 0.2) is 0 Å². The predicted molar refractivity (Wildman–Crippen MR) is 73.1 cm³/mol. The Labute approximate surface area is 112 Å². The number of nitrogens with one attached hydrogen (secondary N) is 1. The van der Waals surface area contributed by atoms with E-state index in [9.17, 15) is 4.79 Å². The molecule has 0 aliphatic heterocycles. The van der Waals surface area contributed by atoms with Crippen molar-refractivity contribution in [2.45, 2.75) is 19.5 Å². The summed E-state index contributed by atoms with van der Waals surface area (Å²) in [6.07, 6.45) is 2.23. The van der Waals surface area contributed by atoms with Crippen LogP contribution >= 0.6 is 0 Å². The van der Waals surface area contributed by atoms with Crippen LogP contribution in [-0.2, 0) is 31.4 Å². The molecule has 0 atom stereocenters. The highest BCUT2D eigenvalue weighted by atomic mass is 16.1. The van der Waals surface area contributed by atoms with Crippen molar-refractivity contribution in [1.82, 2.24) is 15.1 Å². The lowest BCUT2D eigenvalue weighted by atomic mass is 10.1. The molecule has 0 saturated carbocycles. The zero-order valence-electron chi connectivity index (χ0n) is 11.0. The van der Waals surface area contributed by atoms with E-state index >= 15 is 0 Å². The third-order valence-corrected chi connectivity index (χ3v) is 2.86. The first-order valence-electron chi connectivity index (χ1n) is 6.20. The summed E-state index contributed by atoms with van der Waals surface area (Å²) in [6.45, 7) is 0.979. The molecule has 3 N–H and O–H groups in total. The van der Waals surface area contributed by atoms with Gasteiger partial charge in [-0.25, -0.2) is 0 Å². The molecule has 0 saturated heterocycles. The van der Waals surface area contributed by atoms with Gasteiger partial charge in [0, 0.05) is 19.8 Å². The average Bonchev–Trinajstić information content (AvgIpc) is 2.83. The fourth-order valence-corrected chi connectivity index (χ4v) is 1.79. The molecule has 0 aliphatic rings. The fraction of sp³-hybridized carbons (Fsp3) is 0.286. The first-order chi connectivity index (χ1) is 9.17. The Bertz CT molecular complexity index is 545. The number of rotatable bonds is 5. The van der Waals surface area contributed by atoms with Gasteiger partial charge >= 0.3 is 0 Å². The van der Waals surface area contributed by atoms with E-state index in [4.69, 9.17) is 5.73 Å². The van der Waals surface area contributed by atoms with Gasteiger partial charge in [-0.3, -0.25) is 9.48 Å². The van der Waals surface area contributed by atoms with E-state index in [0.717, 1.165) is 16.8 Å². The van der Waals surface area contributed by atoms with E-state index in [1.807, 2.05) is 43.6 Å². The number of hydrogen-bond acceptors (Lipinski definition) is 3. The van der Waals surface area contributed by atoms with E-state index in [0.29, 0.717) is 19.5 Å². The zero-order valence-corrected chi connectivity index (χ0v) is 11.0. The fourth-order valence-electron chi connectivity index (χ4n) is 1.79. The summed E-state index contributed by atoms with van der Waals surface area (Å²) in [5, 5.41) is 7.05. The van der Waals surface area contributed by atoms with Crippen molar-refractivity contribution < 1.29 is 4.79 Å². The van der Waals surface area contributed by atoms with Crippen LogP contribution < -0.4 is 11.1 Å². The number of aromatic nitrogens is 2. The highest BCUT2D eigenvalue weighted by molar-refractivity contribution is 5.78. The van der Waals surface area contributed by atoms with Crippen molar-refractivity contribution in [2.24, 2.45) is 12.8 Å². The van der Waals surface area contributed by atoms with Crippen LogP contribution in [0.4, 0.5) is 0 Å². The predicted octanol–water partition coefficient (Wildman–Crippen LogP) is 0.738. The van der Waals surface area contributed by atoms with Crippen LogP contribution in [0.25, 0.3) is 0 Å². The zero-order chi connectivity index (χ0) is 13.7. The number of carbonyl (C=O) groups excluding carboxylic acids is 1. The van der Waals surface area contributed by atoms with Crippen LogP contribution in [0.15, 0.2) is 36.5 Å². The average molecular weight is 258 g/mol. The van der Waals surface area contributed by atoms with E-state index in [1.165, 1.54) is 0 Å². The first kappa shape index (κ1) is 13.3. The maximum absolute atomic E-state index is 11.8. The number of nitrogens with two attached hydrogens (primary N) is 1. The lowest BCUT2D eigenvalue weighted by Crippen LogP contribution is -2.24. The van der Waals surface area contributed by atoms with Gasteiger partial charge in [0.05, 0.1) is 18.7 Å². The van der Waals surface area contributed by atoms with Crippen molar-refractivity contribution in [2.75, 3.05) is 0 Å². The van der Waals surface area contributed by atoms with Crippen LogP contribution in [0.1, 0.15) is 16.8 Å². The summed E-state index contributed by atoms with van der Waals surface area (Å²) in [5.74, 6) is -0.00819. The van der Waals surface area contributed by atoms with Gasteiger partial charge in [0.2, 0.25) is 5.91 Å². The number of aryl methyl sites for hydroxylation is 1. The number of hydrogen-bond donors (Lipinski definition) is 2. The summed E-state index contributed by atoms with van der Waals surface area (Å²) in [6, 6.07) is 9.64. The Kier molecular flexibility index (Phi) is 4.30. The summed E-state index contributed by atoms with van der Waals surface area (Å²) < 4.78 is 1.72. The molecule has 0 aliphatic carbocycles. The molecule has 19 heavy (non-hydrogen) atoms. The quantitative estimate of drug-likeness (QED) is 0.830. The van der Waals surface area contributed by atoms with Crippen molar-refractivity contribution >= 4 is 5.91 Å². The molecule has 0 spiro atoms. The van der Waals surface area contributed by atoms with Crippen LogP contribution in [0.2, 0.25) is 0 Å². The summed E-state index contributed by atoms with van der Waals surface area (Å²) in [7, 11) is 1.85. The Balaban J connectivity index is 1.83. The maximum atomic E-state index is 11.8. The minimum absolute atomic E-state index is 0.00819. The summed E-state index contributed by atoms with van der Waals surface area (Å²) in [4.78, 5) is 11.8. The molecule has 0 bridgehead atoms. The molecule has 0 unspecified atom stereocenters. The third-order valence-electron chi connectivity index (χ3n) is 2.86. The normalized spacial score (nSPS) is 10.4. The van der Waals surface area contributed by atoms with E-state index in [1.54, 1.807) is 4.68 Å². The second-order valence-corrected chi connectivity index (χ2v) is 4.45. The monoisotopic (exact) mass is 258 g/mol. The van der Waals surface area contributed by atoms with E-state index < -0.39 is 0 Å².